The summed E-state index contributed by atoms with van der Waals surface area (Å²) in [4.78, 5) is 22.5. The van der Waals surface area contributed by atoms with E-state index in [2.05, 4.69) is 45.4 Å². The van der Waals surface area contributed by atoms with E-state index in [4.69, 9.17) is 0 Å². The van der Waals surface area contributed by atoms with Crippen molar-refractivity contribution in [3.8, 4) is 0 Å². The van der Waals surface area contributed by atoms with Gasteiger partial charge in [0.25, 0.3) is 0 Å². The lowest BCUT2D eigenvalue weighted by Gasteiger charge is -2.25. The fourth-order valence-corrected chi connectivity index (χ4v) is 4.22. The molecule has 4 N–H and O–H groups in total. The van der Waals surface area contributed by atoms with E-state index in [1.165, 1.54) is 0 Å². The number of aromatic amines is 2. The van der Waals surface area contributed by atoms with Gasteiger partial charge in [-0.3, -0.25) is 4.57 Å². The lowest BCUT2D eigenvalue weighted by molar-refractivity contribution is 0.122. The van der Waals surface area contributed by atoms with Crippen LogP contribution in [0.4, 0.5) is 0 Å². The largest absolute Gasteiger partial charge is 0.387 e. The van der Waals surface area contributed by atoms with Crippen molar-refractivity contribution in [1.29, 1.82) is 0 Å². The molecule has 7 nitrogen and oxygen atoms in total. The standard InChI is InChI=1S/C22H23N5O2/c1-13(5-6-14-7-8-16-19(11-14)24-12-23-16)25-18-9-10-27-20-15(21(18)28)3-2-4-17(20)26-22(27)29/h2-8,11-13,18,21,25,28H,9-10H2,1H3,(H,23,24)(H,26,29)/b6-5+/t13?,18-,21-/m1/s1. The van der Waals surface area contributed by atoms with Crippen LogP contribution in [0, 0.1) is 0 Å². The third kappa shape index (κ3) is 3.18. The number of hydrogen-bond acceptors (Lipinski definition) is 4. The third-order valence-corrected chi connectivity index (χ3v) is 5.69. The van der Waals surface area contributed by atoms with E-state index in [1.54, 1.807) is 10.9 Å². The molecular weight excluding hydrogens is 366 g/mol. The van der Waals surface area contributed by atoms with Crippen molar-refractivity contribution >= 4 is 28.1 Å². The Morgan fingerprint density at radius 3 is 3.10 bits per heavy atom. The number of nitrogens with zero attached hydrogens (tertiary/aromatic N) is 2. The van der Waals surface area contributed by atoms with Crippen LogP contribution in [0.3, 0.4) is 0 Å². The molecule has 3 atom stereocenters. The van der Waals surface area contributed by atoms with Gasteiger partial charge < -0.3 is 20.4 Å². The molecule has 5 rings (SSSR count). The number of aromatic nitrogens is 4. The molecular formula is C22H23N5O2. The van der Waals surface area contributed by atoms with Crippen LogP contribution in [0.15, 0.2) is 53.6 Å². The van der Waals surface area contributed by atoms with Crippen molar-refractivity contribution in [2.24, 2.45) is 0 Å². The van der Waals surface area contributed by atoms with Gasteiger partial charge in [-0.15, -0.1) is 0 Å². The van der Waals surface area contributed by atoms with Gasteiger partial charge in [-0.25, -0.2) is 9.78 Å². The molecule has 1 aliphatic rings. The van der Waals surface area contributed by atoms with Crippen molar-refractivity contribution in [1.82, 2.24) is 24.8 Å². The predicted molar refractivity (Wildman–Crippen MR) is 114 cm³/mol. The van der Waals surface area contributed by atoms with Crippen LogP contribution in [-0.2, 0) is 6.54 Å². The topological polar surface area (TPSA) is 98.7 Å². The lowest BCUT2D eigenvalue weighted by Crippen LogP contribution is -2.40. The number of nitrogens with one attached hydrogen (secondary N) is 3. The van der Waals surface area contributed by atoms with Crippen molar-refractivity contribution in [3.05, 3.63) is 70.4 Å². The van der Waals surface area contributed by atoms with Crippen LogP contribution in [0.2, 0.25) is 0 Å². The molecule has 0 fully saturated rings. The second kappa shape index (κ2) is 7.02. The maximum atomic E-state index is 12.3. The number of benzene rings is 2. The summed E-state index contributed by atoms with van der Waals surface area (Å²) in [6.07, 6.45) is 5.83. The number of aliphatic hydroxyl groups excluding tert-OH is 1. The van der Waals surface area contributed by atoms with Gasteiger partial charge in [-0.2, -0.15) is 0 Å². The molecule has 0 saturated carbocycles. The Morgan fingerprint density at radius 1 is 1.31 bits per heavy atom. The van der Waals surface area contributed by atoms with Gasteiger partial charge in [0.05, 0.1) is 34.5 Å². The van der Waals surface area contributed by atoms with Crippen LogP contribution in [-0.4, -0.2) is 36.7 Å². The van der Waals surface area contributed by atoms with Crippen LogP contribution in [0.1, 0.15) is 30.6 Å². The summed E-state index contributed by atoms with van der Waals surface area (Å²) in [5.74, 6) is 0. The summed E-state index contributed by atoms with van der Waals surface area (Å²) in [5, 5.41) is 14.5. The molecule has 7 heteroatoms. The molecule has 0 spiro atoms. The normalized spacial score (nSPS) is 20.5. The molecule has 3 heterocycles. The summed E-state index contributed by atoms with van der Waals surface area (Å²) in [7, 11) is 0. The van der Waals surface area contributed by atoms with Gasteiger partial charge >= 0.3 is 5.69 Å². The summed E-state index contributed by atoms with van der Waals surface area (Å²) >= 11 is 0. The van der Waals surface area contributed by atoms with Crippen molar-refractivity contribution in [2.75, 3.05) is 0 Å². The number of rotatable bonds is 4. The summed E-state index contributed by atoms with van der Waals surface area (Å²) < 4.78 is 1.73. The molecule has 1 aliphatic heterocycles. The van der Waals surface area contributed by atoms with Crippen LogP contribution >= 0.6 is 0 Å². The molecule has 0 saturated heterocycles. The van der Waals surface area contributed by atoms with E-state index in [0.29, 0.717) is 13.0 Å². The van der Waals surface area contributed by atoms with Gasteiger partial charge in [-0.1, -0.05) is 30.4 Å². The quantitative estimate of drug-likeness (QED) is 0.431. The maximum absolute atomic E-state index is 12.3. The van der Waals surface area contributed by atoms with Gasteiger partial charge in [0, 0.05) is 24.2 Å². The van der Waals surface area contributed by atoms with E-state index in [1.807, 2.05) is 30.3 Å². The Hall–Kier alpha value is -3.16. The summed E-state index contributed by atoms with van der Waals surface area (Å²) in [6, 6.07) is 11.6. The van der Waals surface area contributed by atoms with Gasteiger partial charge in [0.1, 0.15) is 0 Å². The molecule has 0 aliphatic carbocycles. The second-order valence-electron chi connectivity index (χ2n) is 7.66. The number of aryl methyl sites for hydroxylation is 1. The summed E-state index contributed by atoms with van der Waals surface area (Å²) in [6.45, 7) is 2.63. The number of fused-ring (bicyclic) bond motifs is 1. The van der Waals surface area contributed by atoms with Gasteiger partial charge in [0.15, 0.2) is 0 Å². The zero-order valence-electron chi connectivity index (χ0n) is 16.1. The Balaban J connectivity index is 1.35. The first-order valence-corrected chi connectivity index (χ1v) is 9.87. The minimum atomic E-state index is -0.681. The Morgan fingerprint density at radius 2 is 2.21 bits per heavy atom. The molecule has 148 valence electrons. The molecule has 29 heavy (non-hydrogen) atoms. The number of hydrogen-bond donors (Lipinski definition) is 4. The van der Waals surface area contributed by atoms with Crippen LogP contribution in [0.5, 0.6) is 0 Å². The van der Waals surface area contributed by atoms with Crippen LogP contribution < -0.4 is 11.0 Å². The minimum Gasteiger partial charge on any atom is -0.387 e. The van der Waals surface area contributed by atoms with E-state index in [9.17, 15) is 9.90 Å². The molecule has 1 unspecified atom stereocenters. The summed E-state index contributed by atoms with van der Waals surface area (Å²) in [5.41, 5.74) is 5.29. The van der Waals surface area contributed by atoms with Crippen LogP contribution in [0.25, 0.3) is 28.1 Å². The highest BCUT2D eigenvalue weighted by Crippen LogP contribution is 2.29. The minimum absolute atomic E-state index is 0.0575. The zero-order valence-corrected chi connectivity index (χ0v) is 16.1. The molecule has 2 aromatic carbocycles. The van der Waals surface area contributed by atoms with Crippen molar-refractivity contribution in [2.45, 2.75) is 38.1 Å². The highest BCUT2D eigenvalue weighted by molar-refractivity contribution is 5.80. The molecule has 0 radical (unpaired) electrons. The number of aliphatic hydroxyl groups is 1. The van der Waals surface area contributed by atoms with Crippen molar-refractivity contribution < 1.29 is 5.11 Å². The molecule has 2 aromatic heterocycles. The SMILES string of the molecule is CC(/C=C/c1ccc2nc[nH]c2c1)N[C@@H]1CCn2c(=O)[nH]c3cccc(c32)[C@H]1O. The van der Waals surface area contributed by atoms with E-state index < -0.39 is 6.10 Å². The fourth-order valence-electron chi connectivity index (χ4n) is 4.22. The first-order chi connectivity index (χ1) is 14.1. The Bertz CT molecular complexity index is 1270. The fraction of sp³-hybridized carbons (Fsp3) is 0.273. The molecule has 4 aromatic rings. The number of para-hydroxylation sites is 1. The molecule has 0 amide bonds. The van der Waals surface area contributed by atoms with Gasteiger partial charge in [0.2, 0.25) is 0 Å². The third-order valence-electron chi connectivity index (χ3n) is 5.69. The average Bonchev–Trinajstić information content (AvgIpc) is 3.28. The van der Waals surface area contributed by atoms with E-state index in [0.717, 1.165) is 33.2 Å². The smallest absolute Gasteiger partial charge is 0.326 e. The Kier molecular flexibility index (Phi) is 4.34. The first kappa shape index (κ1) is 17.9. The number of H-pyrrole nitrogens is 2. The Labute approximate surface area is 167 Å². The van der Waals surface area contributed by atoms with Crippen molar-refractivity contribution in [3.63, 3.8) is 0 Å². The monoisotopic (exact) mass is 389 g/mol. The van der Waals surface area contributed by atoms with E-state index >= 15 is 0 Å². The highest BCUT2D eigenvalue weighted by atomic mass is 16.3. The predicted octanol–water partition coefficient (Wildman–Crippen LogP) is 2.70. The van der Waals surface area contributed by atoms with E-state index in [-0.39, 0.29) is 17.8 Å². The van der Waals surface area contributed by atoms with Gasteiger partial charge in [-0.05, 0) is 37.1 Å². The second-order valence-corrected chi connectivity index (χ2v) is 7.66. The first-order valence-electron chi connectivity index (χ1n) is 9.87. The average molecular weight is 389 g/mol. The number of imidazole rings is 2. The molecule has 0 bridgehead atoms. The highest BCUT2D eigenvalue weighted by Gasteiger charge is 2.28. The maximum Gasteiger partial charge on any atom is 0.326 e. The zero-order chi connectivity index (χ0) is 20.0. The lowest BCUT2D eigenvalue weighted by atomic mass is 9.99.